The average molecular weight is 573 g/mol. The van der Waals surface area contributed by atoms with E-state index in [1.165, 1.54) is 37.7 Å². The first-order chi connectivity index (χ1) is 19.9. The van der Waals surface area contributed by atoms with Crippen LogP contribution in [-0.2, 0) is 37.9 Å². The number of hydrogen-bond donors (Lipinski definition) is 1. The summed E-state index contributed by atoms with van der Waals surface area (Å²) in [6.45, 7) is 8.66. The fraction of sp³-hybridized carbons (Fsp3) is 0.800. The molecule has 1 aliphatic rings. The Morgan fingerprint density at radius 3 is 1.18 bits per heavy atom. The van der Waals surface area contributed by atoms with Crippen LogP contribution >= 0.6 is 0 Å². The van der Waals surface area contributed by atoms with E-state index in [9.17, 15) is 0 Å². The van der Waals surface area contributed by atoms with Crippen molar-refractivity contribution in [3.05, 3.63) is 29.8 Å². The van der Waals surface area contributed by atoms with Crippen molar-refractivity contribution in [2.75, 3.05) is 119 Å². The molecule has 1 aromatic rings. The summed E-state index contributed by atoms with van der Waals surface area (Å²) < 4.78 is 49.1. The summed E-state index contributed by atoms with van der Waals surface area (Å²) in [6.07, 6.45) is 6.71. The van der Waals surface area contributed by atoms with Gasteiger partial charge in [0.25, 0.3) is 0 Å². The Hall–Kier alpha value is -1.34. The molecule has 0 aromatic heterocycles. The largest absolute Gasteiger partial charge is 0.491 e. The van der Waals surface area contributed by atoms with Gasteiger partial charge in [-0.05, 0) is 36.5 Å². The molecule has 0 bridgehead atoms. The molecule has 1 fully saturated rings. The van der Waals surface area contributed by atoms with Crippen LogP contribution in [-0.4, -0.2) is 124 Å². The molecule has 10 heteroatoms. The van der Waals surface area contributed by atoms with Gasteiger partial charge < -0.3 is 47.7 Å². The van der Waals surface area contributed by atoms with Crippen LogP contribution in [0.25, 0.3) is 0 Å². The first-order valence-corrected chi connectivity index (χ1v) is 14.9. The average Bonchev–Trinajstić information content (AvgIpc) is 2.99. The summed E-state index contributed by atoms with van der Waals surface area (Å²) in [5.74, 6) is 1.62. The van der Waals surface area contributed by atoms with Gasteiger partial charge in [-0.15, -0.1) is 0 Å². The normalized spacial score (nSPS) is 14.1. The lowest BCUT2D eigenvalue weighted by Crippen LogP contribution is -2.15. The van der Waals surface area contributed by atoms with E-state index in [1.54, 1.807) is 0 Å². The monoisotopic (exact) mass is 572 g/mol. The molecule has 1 saturated carbocycles. The highest BCUT2D eigenvalue weighted by Crippen LogP contribution is 2.33. The van der Waals surface area contributed by atoms with Gasteiger partial charge in [0, 0.05) is 0 Å². The van der Waals surface area contributed by atoms with Crippen molar-refractivity contribution in [1.29, 1.82) is 0 Å². The zero-order valence-corrected chi connectivity index (χ0v) is 24.3. The van der Waals surface area contributed by atoms with E-state index in [0.29, 0.717) is 112 Å². The summed E-state index contributed by atoms with van der Waals surface area (Å²) in [5, 5.41) is 8.57. The second-order valence-corrected chi connectivity index (χ2v) is 9.38. The summed E-state index contributed by atoms with van der Waals surface area (Å²) >= 11 is 0. The number of benzene rings is 1. The maximum Gasteiger partial charge on any atom is 0.119 e. The summed E-state index contributed by atoms with van der Waals surface area (Å²) in [7, 11) is 0. The maximum atomic E-state index is 8.57. The van der Waals surface area contributed by atoms with E-state index in [2.05, 4.69) is 24.3 Å². The van der Waals surface area contributed by atoms with Crippen LogP contribution in [0.3, 0.4) is 0 Å². The van der Waals surface area contributed by atoms with Crippen molar-refractivity contribution < 1.29 is 47.7 Å². The molecule has 1 aromatic carbocycles. The van der Waals surface area contributed by atoms with Crippen LogP contribution in [0.1, 0.15) is 43.6 Å². The minimum atomic E-state index is 0.0303. The Bertz CT molecular complexity index is 654. The van der Waals surface area contributed by atoms with Crippen LogP contribution in [0.4, 0.5) is 0 Å². The number of aliphatic hydroxyl groups excluding tert-OH is 1. The highest BCUT2D eigenvalue weighted by atomic mass is 16.6. The minimum Gasteiger partial charge on any atom is -0.491 e. The Morgan fingerprint density at radius 2 is 0.800 bits per heavy atom. The number of aliphatic hydroxyl groups is 1. The predicted molar refractivity (Wildman–Crippen MR) is 151 cm³/mol. The van der Waals surface area contributed by atoms with E-state index < -0.39 is 0 Å². The second-order valence-electron chi connectivity index (χ2n) is 9.38. The van der Waals surface area contributed by atoms with Gasteiger partial charge in [-0.1, -0.05) is 31.4 Å². The van der Waals surface area contributed by atoms with Gasteiger partial charge in [0.05, 0.1) is 112 Å². The van der Waals surface area contributed by atoms with Gasteiger partial charge in [-0.3, -0.25) is 0 Å². The van der Waals surface area contributed by atoms with Gasteiger partial charge in [0.1, 0.15) is 12.4 Å². The maximum absolute atomic E-state index is 8.57. The van der Waals surface area contributed by atoms with Crippen molar-refractivity contribution >= 4 is 0 Å². The summed E-state index contributed by atoms with van der Waals surface area (Å²) in [6, 6.07) is 8.57. The third-order valence-corrected chi connectivity index (χ3v) is 6.29. The van der Waals surface area contributed by atoms with Gasteiger partial charge >= 0.3 is 0 Å². The molecule has 10 nitrogen and oxygen atoms in total. The molecule has 0 heterocycles. The minimum absolute atomic E-state index is 0.0303. The molecule has 40 heavy (non-hydrogen) atoms. The van der Waals surface area contributed by atoms with E-state index in [1.807, 2.05) is 0 Å². The Balaban J connectivity index is 1.22. The molecule has 232 valence electrons. The smallest absolute Gasteiger partial charge is 0.119 e. The fourth-order valence-electron chi connectivity index (χ4n) is 4.20. The first kappa shape index (κ1) is 34.9. The molecule has 0 amide bonds. The van der Waals surface area contributed by atoms with Crippen molar-refractivity contribution in [1.82, 2.24) is 0 Å². The third kappa shape index (κ3) is 19.7. The van der Waals surface area contributed by atoms with Gasteiger partial charge in [-0.25, -0.2) is 0 Å². The quantitative estimate of drug-likeness (QED) is 0.151. The lowest BCUT2D eigenvalue weighted by molar-refractivity contribution is -0.0242. The Morgan fingerprint density at radius 1 is 0.450 bits per heavy atom. The lowest BCUT2D eigenvalue weighted by Gasteiger charge is -2.22. The van der Waals surface area contributed by atoms with Crippen LogP contribution in [0.5, 0.6) is 5.75 Å². The van der Waals surface area contributed by atoms with Gasteiger partial charge in [0.15, 0.2) is 0 Å². The third-order valence-electron chi connectivity index (χ3n) is 6.29. The molecular formula is C30H52O10. The zero-order valence-electron chi connectivity index (χ0n) is 24.3. The number of hydrogen-bond acceptors (Lipinski definition) is 10. The fourth-order valence-corrected chi connectivity index (χ4v) is 4.20. The van der Waals surface area contributed by atoms with Crippen LogP contribution < -0.4 is 4.74 Å². The highest BCUT2D eigenvalue weighted by Gasteiger charge is 2.15. The molecule has 0 atom stereocenters. The van der Waals surface area contributed by atoms with Crippen LogP contribution in [0.2, 0.25) is 0 Å². The second kappa shape index (κ2) is 26.6. The van der Waals surface area contributed by atoms with Crippen molar-refractivity contribution in [2.24, 2.45) is 0 Å². The lowest BCUT2D eigenvalue weighted by atomic mass is 9.84. The topological polar surface area (TPSA) is 103 Å². The SMILES string of the molecule is OCCOCCOCCOCCOCCOCCOCCOCCOCCOc1ccc(C2CCCCC2)cc1. The first-order valence-electron chi connectivity index (χ1n) is 14.9. The van der Waals surface area contributed by atoms with Crippen molar-refractivity contribution in [2.45, 2.75) is 38.0 Å². The van der Waals surface area contributed by atoms with E-state index in [-0.39, 0.29) is 6.61 Å². The molecule has 0 spiro atoms. The van der Waals surface area contributed by atoms with Gasteiger partial charge in [0.2, 0.25) is 0 Å². The zero-order chi connectivity index (χ0) is 28.2. The number of ether oxygens (including phenoxy) is 9. The van der Waals surface area contributed by atoms with E-state index in [4.69, 9.17) is 47.7 Å². The van der Waals surface area contributed by atoms with Crippen LogP contribution in [0.15, 0.2) is 24.3 Å². The predicted octanol–water partition coefficient (Wildman–Crippen LogP) is 3.24. The molecule has 0 radical (unpaired) electrons. The summed E-state index contributed by atoms with van der Waals surface area (Å²) in [4.78, 5) is 0. The van der Waals surface area contributed by atoms with Crippen molar-refractivity contribution in [3.63, 3.8) is 0 Å². The van der Waals surface area contributed by atoms with Gasteiger partial charge in [-0.2, -0.15) is 0 Å². The van der Waals surface area contributed by atoms with E-state index in [0.717, 1.165) is 11.7 Å². The Kier molecular flexibility index (Phi) is 23.1. The summed E-state index contributed by atoms with van der Waals surface area (Å²) in [5.41, 5.74) is 1.44. The van der Waals surface area contributed by atoms with Crippen LogP contribution in [0, 0.1) is 0 Å². The Labute approximate surface area is 240 Å². The van der Waals surface area contributed by atoms with E-state index >= 15 is 0 Å². The standard InChI is InChI=1S/C30H52O10/c31-10-11-32-12-13-33-14-15-34-16-17-35-18-19-36-20-21-37-22-23-38-24-25-39-26-27-40-30-8-6-29(7-9-30)28-4-2-1-3-5-28/h6-9,28,31H,1-5,10-27H2. The van der Waals surface area contributed by atoms with Crippen molar-refractivity contribution in [3.8, 4) is 5.75 Å². The molecule has 0 aliphatic heterocycles. The molecule has 1 aliphatic carbocycles. The molecule has 0 unspecified atom stereocenters. The molecule has 2 rings (SSSR count). The highest BCUT2D eigenvalue weighted by molar-refractivity contribution is 5.29. The molecular weight excluding hydrogens is 520 g/mol. The molecule has 1 N–H and O–H groups in total. The molecule has 0 saturated heterocycles. The number of rotatable bonds is 28.